The molecule has 0 spiro atoms. The summed E-state index contributed by atoms with van der Waals surface area (Å²) in [6.45, 7) is 1.69. The number of amides is 1. The van der Waals surface area contributed by atoms with Gasteiger partial charge in [-0.15, -0.1) is 0 Å². The maximum Gasteiger partial charge on any atom is 0.247 e. The van der Waals surface area contributed by atoms with Gasteiger partial charge in [0, 0.05) is 40.8 Å². The normalized spacial score (nSPS) is 15.1. The summed E-state index contributed by atoms with van der Waals surface area (Å²) in [6, 6.07) is 13.4. The van der Waals surface area contributed by atoms with E-state index >= 15 is 0 Å². The molecule has 1 aliphatic heterocycles. The Morgan fingerprint density at radius 3 is 2.82 bits per heavy atom. The van der Waals surface area contributed by atoms with Crippen molar-refractivity contribution in [2.45, 2.75) is 19.4 Å². The number of rotatable bonds is 5. The quantitative estimate of drug-likeness (QED) is 0.508. The summed E-state index contributed by atoms with van der Waals surface area (Å²) in [5.41, 5.74) is 2.47. The van der Waals surface area contributed by atoms with Gasteiger partial charge in [-0.25, -0.2) is 4.98 Å². The second kappa shape index (κ2) is 10.0. The van der Waals surface area contributed by atoms with Crippen LogP contribution in [0.3, 0.4) is 0 Å². The van der Waals surface area contributed by atoms with E-state index in [-0.39, 0.29) is 5.91 Å². The number of hydrogen-bond acceptors (Lipinski definition) is 5. The maximum absolute atomic E-state index is 12.8. The van der Waals surface area contributed by atoms with E-state index in [1.165, 1.54) is 0 Å². The fourth-order valence-corrected chi connectivity index (χ4v) is 4.04. The number of carbonyl (C=O) groups excluding carboxylic acids is 1. The highest BCUT2D eigenvalue weighted by Crippen LogP contribution is 2.30. The first-order valence-electron chi connectivity index (χ1n) is 11.2. The lowest BCUT2D eigenvalue weighted by atomic mass is 10.1. The van der Waals surface area contributed by atoms with Crippen LogP contribution in [0, 0.1) is 0 Å². The van der Waals surface area contributed by atoms with Crippen LogP contribution in [0.2, 0.25) is 5.02 Å². The highest BCUT2D eigenvalue weighted by Gasteiger charge is 2.13. The van der Waals surface area contributed by atoms with Crippen molar-refractivity contribution < 1.29 is 14.3 Å². The number of anilines is 1. The summed E-state index contributed by atoms with van der Waals surface area (Å²) < 4.78 is 11.4. The average molecular weight is 474 g/mol. The zero-order chi connectivity index (χ0) is 23.3. The average Bonchev–Trinajstić information content (AvgIpc) is 3.23. The third-order valence-corrected chi connectivity index (χ3v) is 5.88. The number of ether oxygens (including phenoxy) is 2. The molecular formula is C27H24ClN3O3. The molecule has 7 heteroatoms. The molecule has 0 saturated carbocycles. The number of nitrogens with zero attached hydrogens (tertiary/aromatic N) is 1. The van der Waals surface area contributed by atoms with Crippen molar-refractivity contribution in [2.24, 2.45) is 0 Å². The number of nitrogens with one attached hydrogen (secondary N) is 2. The molecule has 0 unspecified atom stereocenters. The Morgan fingerprint density at radius 1 is 1.03 bits per heavy atom. The molecule has 34 heavy (non-hydrogen) atoms. The zero-order valence-electron chi connectivity index (χ0n) is 18.5. The van der Waals surface area contributed by atoms with Gasteiger partial charge in [0.1, 0.15) is 5.82 Å². The van der Waals surface area contributed by atoms with E-state index in [1.807, 2.05) is 66.8 Å². The van der Waals surface area contributed by atoms with Gasteiger partial charge in [-0.2, -0.15) is 0 Å². The standard InChI is InChI=1S/C27H24ClN3O3/c28-21-8-6-19-11-12-29-26(23(19)16-21)31-22-4-1-3-20(7-9-22)27(32)30-17-18-5-10-24-25(15-18)34-14-2-13-33-24/h1,4-12,15-16H,2-3,13-14,17H2,(H,29,31)(H,30,32). The predicted molar refractivity (Wildman–Crippen MR) is 134 cm³/mol. The molecule has 3 aromatic rings. The smallest absolute Gasteiger partial charge is 0.247 e. The number of pyridine rings is 1. The third-order valence-electron chi connectivity index (χ3n) is 5.65. The summed E-state index contributed by atoms with van der Waals surface area (Å²) in [5, 5.41) is 8.98. The fourth-order valence-electron chi connectivity index (χ4n) is 3.87. The molecule has 0 atom stereocenters. The van der Waals surface area contributed by atoms with Gasteiger partial charge in [0.15, 0.2) is 11.5 Å². The molecular weight excluding hydrogens is 450 g/mol. The minimum Gasteiger partial charge on any atom is -0.490 e. The second-order valence-corrected chi connectivity index (χ2v) is 8.52. The Kier molecular flexibility index (Phi) is 6.49. The minimum absolute atomic E-state index is 0.107. The zero-order valence-corrected chi connectivity index (χ0v) is 19.3. The molecule has 1 aliphatic carbocycles. The van der Waals surface area contributed by atoms with Crippen LogP contribution in [0.5, 0.6) is 11.5 Å². The van der Waals surface area contributed by atoms with Gasteiger partial charge < -0.3 is 20.1 Å². The van der Waals surface area contributed by atoms with Gasteiger partial charge in [-0.3, -0.25) is 4.79 Å². The summed E-state index contributed by atoms with van der Waals surface area (Å²) in [7, 11) is 0. The Balaban J connectivity index is 1.26. The van der Waals surface area contributed by atoms with E-state index in [1.54, 1.807) is 6.20 Å². The van der Waals surface area contributed by atoms with E-state index in [0.29, 0.717) is 42.6 Å². The Morgan fingerprint density at radius 2 is 1.91 bits per heavy atom. The number of hydrogen-bond donors (Lipinski definition) is 2. The SMILES string of the molecule is O=C(NCc1ccc2c(c1)OCCCO2)C1=CC=C(Nc2nccc3ccc(Cl)cc23)C=CC1. The van der Waals surface area contributed by atoms with Gasteiger partial charge >= 0.3 is 0 Å². The van der Waals surface area contributed by atoms with E-state index in [4.69, 9.17) is 21.1 Å². The molecule has 6 nitrogen and oxygen atoms in total. The number of carbonyl (C=O) groups is 1. The van der Waals surface area contributed by atoms with Crippen LogP contribution in [0.15, 0.2) is 84.2 Å². The Bertz CT molecular complexity index is 1330. The first kappa shape index (κ1) is 22.0. The van der Waals surface area contributed by atoms with Crippen LogP contribution < -0.4 is 20.1 Å². The monoisotopic (exact) mass is 473 g/mol. The van der Waals surface area contributed by atoms with Crippen LogP contribution in [0.1, 0.15) is 18.4 Å². The van der Waals surface area contributed by atoms with E-state index in [9.17, 15) is 4.79 Å². The number of fused-ring (bicyclic) bond motifs is 2. The van der Waals surface area contributed by atoms with Gasteiger partial charge in [0.2, 0.25) is 5.91 Å². The highest BCUT2D eigenvalue weighted by molar-refractivity contribution is 6.31. The highest BCUT2D eigenvalue weighted by atomic mass is 35.5. The first-order chi connectivity index (χ1) is 16.7. The van der Waals surface area contributed by atoms with E-state index in [0.717, 1.165) is 40.0 Å². The molecule has 0 fully saturated rings. The van der Waals surface area contributed by atoms with Gasteiger partial charge in [0.25, 0.3) is 0 Å². The van der Waals surface area contributed by atoms with Gasteiger partial charge in [0.05, 0.1) is 13.2 Å². The Labute approximate surface area is 202 Å². The third kappa shape index (κ3) is 5.07. The molecule has 0 radical (unpaired) electrons. The largest absolute Gasteiger partial charge is 0.490 e. The van der Waals surface area contributed by atoms with Crippen LogP contribution >= 0.6 is 11.6 Å². The summed E-state index contributed by atoms with van der Waals surface area (Å²) in [4.78, 5) is 17.3. The molecule has 0 bridgehead atoms. The van der Waals surface area contributed by atoms with Crippen molar-refractivity contribution in [1.29, 1.82) is 0 Å². The molecule has 1 amide bonds. The summed E-state index contributed by atoms with van der Waals surface area (Å²) >= 11 is 6.18. The van der Waals surface area contributed by atoms with Crippen molar-refractivity contribution in [3.63, 3.8) is 0 Å². The van der Waals surface area contributed by atoms with Crippen molar-refractivity contribution >= 4 is 34.1 Å². The van der Waals surface area contributed by atoms with Crippen molar-refractivity contribution in [1.82, 2.24) is 10.3 Å². The van der Waals surface area contributed by atoms with Crippen molar-refractivity contribution in [2.75, 3.05) is 18.5 Å². The minimum atomic E-state index is -0.107. The molecule has 2 N–H and O–H groups in total. The van der Waals surface area contributed by atoms with Crippen LogP contribution in [0.25, 0.3) is 10.8 Å². The van der Waals surface area contributed by atoms with Crippen molar-refractivity contribution in [3.8, 4) is 11.5 Å². The van der Waals surface area contributed by atoms with Gasteiger partial charge in [-0.05, 0) is 59.9 Å². The van der Waals surface area contributed by atoms with Crippen LogP contribution in [-0.4, -0.2) is 24.1 Å². The van der Waals surface area contributed by atoms with Crippen LogP contribution in [-0.2, 0) is 11.3 Å². The molecule has 2 aromatic carbocycles. The van der Waals surface area contributed by atoms with E-state index < -0.39 is 0 Å². The lowest BCUT2D eigenvalue weighted by molar-refractivity contribution is -0.117. The molecule has 5 rings (SSSR count). The molecule has 2 aliphatic rings. The maximum atomic E-state index is 12.8. The molecule has 2 heterocycles. The van der Waals surface area contributed by atoms with Crippen LogP contribution in [0.4, 0.5) is 5.82 Å². The Hall–Kier alpha value is -3.77. The lowest BCUT2D eigenvalue weighted by Crippen LogP contribution is -2.24. The topological polar surface area (TPSA) is 72.5 Å². The fraction of sp³-hybridized carbons (Fsp3) is 0.185. The second-order valence-electron chi connectivity index (χ2n) is 8.08. The number of halogens is 1. The van der Waals surface area contributed by atoms with Gasteiger partial charge in [-0.1, -0.05) is 35.9 Å². The number of allylic oxidation sites excluding steroid dienone is 4. The molecule has 0 saturated heterocycles. The summed E-state index contributed by atoms with van der Waals surface area (Å²) in [6.07, 6.45) is 10.8. The lowest BCUT2D eigenvalue weighted by Gasteiger charge is -2.11. The predicted octanol–water partition coefficient (Wildman–Crippen LogP) is 5.55. The van der Waals surface area contributed by atoms with E-state index in [2.05, 4.69) is 15.6 Å². The molecule has 1 aromatic heterocycles. The number of aromatic nitrogens is 1. The molecule has 172 valence electrons. The first-order valence-corrected chi connectivity index (χ1v) is 11.6. The van der Waals surface area contributed by atoms with Crippen molar-refractivity contribution in [3.05, 3.63) is 94.8 Å². The number of benzene rings is 2. The summed E-state index contributed by atoms with van der Waals surface area (Å²) in [5.74, 6) is 2.08.